The molecule has 1 amide bonds. The van der Waals surface area contributed by atoms with Gasteiger partial charge in [0.2, 0.25) is 15.9 Å². The Morgan fingerprint density at radius 2 is 1.70 bits per heavy atom. The maximum Gasteiger partial charge on any atom is 0.232 e. The van der Waals surface area contributed by atoms with Crippen LogP contribution in [-0.4, -0.2) is 27.1 Å². The molecule has 0 saturated carbocycles. The Balaban J connectivity index is 2.01. The van der Waals surface area contributed by atoms with Crippen LogP contribution in [0.5, 0.6) is 0 Å². The molecule has 0 unspecified atom stereocenters. The van der Waals surface area contributed by atoms with Gasteiger partial charge in [-0.1, -0.05) is 52.5 Å². The van der Waals surface area contributed by atoms with Crippen LogP contribution in [0.3, 0.4) is 0 Å². The van der Waals surface area contributed by atoms with Gasteiger partial charge in [0.15, 0.2) is 0 Å². The lowest BCUT2D eigenvalue weighted by molar-refractivity contribution is -0.116. The second-order valence-electron chi connectivity index (χ2n) is 5.71. The molecular formula is C17H16Cl4N2O3S. The van der Waals surface area contributed by atoms with Crippen LogP contribution in [0.15, 0.2) is 36.4 Å². The lowest BCUT2D eigenvalue weighted by Crippen LogP contribution is -2.31. The first-order chi connectivity index (χ1) is 12.6. The quantitative estimate of drug-likeness (QED) is 0.545. The van der Waals surface area contributed by atoms with E-state index in [9.17, 15) is 13.2 Å². The zero-order valence-corrected chi connectivity index (χ0v) is 18.0. The lowest BCUT2D eigenvalue weighted by atomic mass is 10.2. The Kier molecular flexibility index (Phi) is 7.65. The number of carbonyl (C=O) groups excluding carboxylic acids is 1. The monoisotopic (exact) mass is 468 g/mol. The van der Waals surface area contributed by atoms with Gasteiger partial charge in [-0.2, -0.15) is 0 Å². The van der Waals surface area contributed by atoms with Gasteiger partial charge in [-0.25, -0.2) is 8.42 Å². The van der Waals surface area contributed by atoms with E-state index >= 15 is 0 Å². The predicted molar refractivity (Wildman–Crippen MR) is 113 cm³/mol. The van der Waals surface area contributed by atoms with E-state index in [1.807, 2.05) is 0 Å². The summed E-state index contributed by atoms with van der Waals surface area (Å²) in [6, 6.07) is 9.40. The van der Waals surface area contributed by atoms with Gasteiger partial charge in [-0.05, 0) is 36.8 Å². The Labute approximate surface area is 178 Å². The number of rotatable bonds is 7. The number of halogens is 4. The van der Waals surface area contributed by atoms with E-state index in [1.165, 1.54) is 16.4 Å². The number of sulfonamides is 1. The number of hydrogen-bond acceptors (Lipinski definition) is 3. The molecule has 0 atom stereocenters. The summed E-state index contributed by atoms with van der Waals surface area (Å²) in [6.45, 7) is 0.127. The summed E-state index contributed by atoms with van der Waals surface area (Å²) < 4.78 is 25.3. The molecule has 2 aromatic rings. The van der Waals surface area contributed by atoms with Crippen molar-refractivity contribution < 1.29 is 13.2 Å². The molecule has 0 fully saturated rings. The standard InChI is InChI=1S/C17H16Cl4N2O3S/c1-27(25,26)23(12-5-2-4-11(18)8-12)7-3-6-17(24)22-16-10-14(20)13(19)9-15(16)21/h2,4-5,8-10H,3,6-7H2,1H3,(H,22,24). The first-order valence-corrected chi connectivity index (χ1v) is 11.1. The highest BCUT2D eigenvalue weighted by Gasteiger charge is 2.18. The second-order valence-corrected chi connectivity index (χ2v) is 9.28. The molecule has 0 bridgehead atoms. The van der Waals surface area contributed by atoms with Gasteiger partial charge in [-0.15, -0.1) is 0 Å². The van der Waals surface area contributed by atoms with E-state index < -0.39 is 10.0 Å². The zero-order chi connectivity index (χ0) is 20.2. The fourth-order valence-electron chi connectivity index (χ4n) is 2.33. The first kappa shape index (κ1) is 22.1. The van der Waals surface area contributed by atoms with Crippen molar-refractivity contribution in [3.8, 4) is 0 Å². The maximum atomic E-state index is 12.1. The van der Waals surface area contributed by atoms with Crippen molar-refractivity contribution in [2.45, 2.75) is 12.8 Å². The van der Waals surface area contributed by atoms with Gasteiger partial charge in [0.1, 0.15) is 0 Å². The molecule has 0 saturated heterocycles. The highest BCUT2D eigenvalue weighted by Crippen LogP contribution is 2.32. The van der Waals surface area contributed by atoms with Gasteiger partial charge < -0.3 is 5.32 Å². The van der Waals surface area contributed by atoms with Crippen molar-refractivity contribution in [1.29, 1.82) is 0 Å². The summed E-state index contributed by atoms with van der Waals surface area (Å²) in [7, 11) is -3.52. The topological polar surface area (TPSA) is 66.5 Å². The highest BCUT2D eigenvalue weighted by molar-refractivity contribution is 7.92. The molecule has 0 aliphatic carbocycles. The third-order valence-corrected chi connectivity index (χ3v) is 6.01. The number of carbonyl (C=O) groups is 1. The second kappa shape index (κ2) is 9.34. The third kappa shape index (κ3) is 6.43. The van der Waals surface area contributed by atoms with E-state index in [1.54, 1.807) is 24.3 Å². The molecule has 0 radical (unpaired) electrons. The molecule has 146 valence electrons. The van der Waals surface area contributed by atoms with E-state index in [-0.39, 0.29) is 33.9 Å². The molecule has 0 aromatic heterocycles. The molecular weight excluding hydrogens is 454 g/mol. The molecule has 2 rings (SSSR count). The van der Waals surface area contributed by atoms with Gasteiger partial charge in [0.05, 0.1) is 32.7 Å². The molecule has 0 heterocycles. The molecule has 0 aliphatic heterocycles. The number of benzene rings is 2. The van der Waals surface area contributed by atoms with Crippen LogP contribution in [0, 0.1) is 0 Å². The largest absolute Gasteiger partial charge is 0.325 e. The molecule has 27 heavy (non-hydrogen) atoms. The minimum Gasteiger partial charge on any atom is -0.325 e. The number of amides is 1. The third-order valence-electron chi connectivity index (χ3n) is 3.55. The minimum atomic E-state index is -3.52. The fourth-order valence-corrected chi connectivity index (χ4v) is 4.07. The predicted octanol–water partition coefficient (Wildman–Crippen LogP) is 5.49. The van der Waals surface area contributed by atoms with Crippen LogP contribution in [-0.2, 0) is 14.8 Å². The average molecular weight is 470 g/mol. The Morgan fingerprint density at radius 3 is 2.33 bits per heavy atom. The summed E-state index contributed by atoms with van der Waals surface area (Å²) in [5, 5.41) is 3.87. The number of nitrogens with one attached hydrogen (secondary N) is 1. The van der Waals surface area contributed by atoms with Crippen molar-refractivity contribution >= 4 is 73.7 Å². The number of anilines is 2. The Morgan fingerprint density at radius 1 is 1.04 bits per heavy atom. The molecule has 0 spiro atoms. The first-order valence-electron chi connectivity index (χ1n) is 7.75. The van der Waals surface area contributed by atoms with Crippen molar-refractivity contribution in [2.75, 3.05) is 22.4 Å². The van der Waals surface area contributed by atoms with E-state index in [0.29, 0.717) is 22.8 Å². The van der Waals surface area contributed by atoms with Crippen LogP contribution in [0.25, 0.3) is 0 Å². The fraction of sp³-hybridized carbons (Fsp3) is 0.235. The highest BCUT2D eigenvalue weighted by atomic mass is 35.5. The molecule has 1 N–H and O–H groups in total. The molecule has 5 nitrogen and oxygen atoms in total. The van der Waals surface area contributed by atoms with Crippen molar-refractivity contribution in [3.05, 3.63) is 56.5 Å². The Hall–Kier alpha value is -1.18. The number of hydrogen-bond donors (Lipinski definition) is 1. The molecule has 10 heteroatoms. The maximum absolute atomic E-state index is 12.1. The summed E-state index contributed by atoms with van der Waals surface area (Å²) in [4.78, 5) is 12.1. The van der Waals surface area contributed by atoms with Gasteiger partial charge in [0, 0.05) is 18.0 Å². The average Bonchev–Trinajstić information content (AvgIpc) is 2.55. The van der Waals surface area contributed by atoms with Crippen LogP contribution in [0.1, 0.15) is 12.8 Å². The van der Waals surface area contributed by atoms with Crippen LogP contribution in [0.4, 0.5) is 11.4 Å². The number of nitrogens with zero attached hydrogens (tertiary/aromatic N) is 1. The van der Waals surface area contributed by atoms with E-state index in [4.69, 9.17) is 46.4 Å². The SMILES string of the molecule is CS(=O)(=O)N(CCCC(=O)Nc1cc(Cl)c(Cl)cc1Cl)c1cccc(Cl)c1. The van der Waals surface area contributed by atoms with Gasteiger partial charge in [0.25, 0.3) is 0 Å². The van der Waals surface area contributed by atoms with E-state index in [0.717, 1.165) is 6.26 Å². The Bertz CT molecular complexity index is 951. The molecule has 2 aromatic carbocycles. The van der Waals surface area contributed by atoms with Gasteiger partial charge in [-0.3, -0.25) is 9.10 Å². The van der Waals surface area contributed by atoms with Crippen molar-refractivity contribution in [1.82, 2.24) is 0 Å². The summed E-state index contributed by atoms with van der Waals surface area (Å²) >= 11 is 23.7. The van der Waals surface area contributed by atoms with Gasteiger partial charge >= 0.3 is 0 Å². The van der Waals surface area contributed by atoms with Crippen LogP contribution < -0.4 is 9.62 Å². The van der Waals surface area contributed by atoms with Crippen molar-refractivity contribution in [2.24, 2.45) is 0 Å². The van der Waals surface area contributed by atoms with Crippen LogP contribution in [0.2, 0.25) is 20.1 Å². The summed E-state index contributed by atoms with van der Waals surface area (Å²) in [5.41, 5.74) is 0.781. The molecule has 0 aliphatic rings. The summed E-state index contributed by atoms with van der Waals surface area (Å²) in [6.07, 6.45) is 1.48. The van der Waals surface area contributed by atoms with Crippen LogP contribution >= 0.6 is 46.4 Å². The zero-order valence-electron chi connectivity index (χ0n) is 14.2. The van der Waals surface area contributed by atoms with Crippen molar-refractivity contribution in [3.63, 3.8) is 0 Å². The van der Waals surface area contributed by atoms with E-state index in [2.05, 4.69) is 5.32 Å². The summed E-state index contributed by atoms with van der Waals surface area (Å²) in [5.74, 6) is -0.324. The smallest absolute Gasteiger partial charge is 0.232 e. The lowest BCUT2D eigenvalue weighted by Gasteiger charge is -2.22. The minimum absolute atomic E-state index is 0.0865. The normalized spacial score (nSPS) is 11.3.